The van der Waals surface area contributed by atoms with Crippen LogP contribution in [0.3, 0.4) is 0 Å². The van der Waals surface area contributed by atoms with Crippen LogP contribution >= 0.6 is 0 Å². The van der Waals surface area contributed by atoms with Crippen molar-refractivity contribution in [3.63, 3.8) is 0 Å². The van der Waals surface area contributed by atoms with Crippen molar-refractivity contribution >= 4 is 21.5 Å². The molecule has 0 N–H and O–H groups in total. The molecule has 0 saturated heterocycles. The van der Waals surface area contributed by atoms with Crippen LogP contribution in [0.1, 0.15) is 58.2 Å². The third-order valence-corrected chi connectivity index (χ3v) is 7.70. The second kappa shape index (κ2) is 14.4. The SMILES string of the molecule is CC(C)(C)c1ccc(-c2cccc3[cH-]ccc23)cc1.Cc1cc2c(-c3ccc(C(C)(C)C)cc3)cccc2[cH-]1.[Cl-].[Cl-].[Zr+4]. The normalized spacial score (nSPS) is 11.1. The number of benzene rings is 4. The molecule has 3 heteroatoms. The molecule has 0 aromatic heterocycles. The van der Waals surface area contributed by atoms with Gasteiger partial charge in [0.2, 0.25) is 0 Å². The molecule has 0 nitrogen and oxygen atoms in total. The van der Waals surface area contributed by atoms with E-state index in [1.807, 2.05) is 0 Å². The van der Waals surface area contributed by atoms with Crippen LogP contribution < -0.4 is 24.8 Å². The molecule has 42 heavy (non-hydrogen) atoms. The monoisotopic (exact) mass is 668 g/mol. The first kappa shape index (κ1) is 35.8. The standard InChI is InChI=1S/C20H21.C19H19.2ClH.Zr/c1-14-12-16-6-5-7-18(19(16)13-14)15-8-10-17(11-9-15)20(2,3)4;1-19(2,3)16-12-10-15(11-13-16)18-9-5-7-14-6-4-8-17(14)18;;;/h5-13H,1-4H3;4-13H,1-3H3;2*1H;/q2*-1;;;+4/p-2. The van der Waals surface area contributed by atoms with Crippen LogP contribution in [-0.4, -0.2) is 0 Å². The molecule has 0 unspecified atom stereocenters. The van der Waals surface area contributed by atoms with Crippen molar-refractivity contribution in [1.82, 2.24) is 0 Å². The van der Waals surface area contributed by atoms with E-state index < -0.39 is 0 Å². The van der Waals surface area contributed by atoms with Gasteiger partial charge in [0.05, 0.1) is 0 Å². The zero-order valence-electron chi connectivity index (χ0n) is 25.7. The largest absolute Gasteiger partial charge is 4.00 e. The first-order valence-electron chi connectivity index (χ1n) is 14.0. The van der Waals surface area contributed by atoms with Crippen molar-refractivity contribution in [2.24, 2.45) is 0 Å². The maximum atomic E-state index is 2.28. The molecule has 0 radical (unpaired) electrons. The molecule has 0 saturated carbocycles. The van der Waals surface area contributed by atoms with Gasteiger partial charge in [0, 0.05) is 0 Å². The van der Waals surface area contributed by atoms with Crippen molar-refractivity contribution in [2.75, 3.05) is 0 Å². The van der Waals surface area contributed by atoms with E-state index in [-0.39, 0.29) is 61.8 Å². The summed E-state index contributed by atoms with van der Waals surface area (Å²) in [5, 5.41) is 5.34. The van der Waals surface area contributed by atoms with Crippen molar-refractivity contribution in [1.29, 1.82) is 0 Å². The zero-order chi connectivity index (χ0) is 27.8. The van der Waals surface area contributed by atoms with Gasteiger partial charge in [-0.2, -0.15) is 18.2 Å². The van der Waals surface area contributed by atoms with Gasteiger partial charge in [0.1, 0.15) is 0 Å². The molecule has 0 amide bonds. The van der Waals surface area contributed by atoms with Crippen LogP contribution in [0.4, 0.5) is 0 Å². The molecular formula is C39H40Cl2Zr. The average molecular weight is 671 g/mol. The molecule has 0 spiro atoms. The summed E-state index contributed by atoms with van der Waals surface area (Å²) in [7, 11) is 0. The first-order valence-corrected chi connectivity index (χ1v) is 14.0. The van der Waals surface area contributed by atoms with Gasteiger partial charge in [0.25, 0.3) is 0 Å². The maximum absolute atomic E-state index is 2.28. The van der Waals surface area contributed by atoms with E-state index in [1.54, 1.807) is 0 Å². The summed E-state index contributed by atoms with van der Waals surface area (Å²) < 4.78 is 0. The minimum Gasteiger partial charge on any atom is -1.00 e. The van der Waals surface area contributed by atoms with E-state index in [0.29, 0.717) is 0 Å². The Bertz CT molecular complexity index is 1700. The van der Waals surface area contributed by atoms with E-state index >= 15 is 0 Å². The fourth-order valence-corrected chi connectivity index (χ4v) is 5.35. The predicted octanol–water partition coefficient (Wildman–Crippen LogP) is 5.36. The van der Waals surface area contributed by atoms with Gasteiger partial charge in [-0.25, -0.2) is 0 Å². The summed E-state index contributed by atoms with van der Waals surface area (Å²) in [4.78, 5) is 0. The Morgan fingerprint density at radius 3 is 1.45 bits per heavy atom. The Kier molecular flexibility index (Phi) is 12.2. The molecule has 0 aliphatic rings. The van der Waals surface area contributed by atoms with E-state index in [9.17, 15) is 0 Å². The summed E-state index contributed by atoms with van der Waals surface area (Å²) in [5.41, 5.74) is 9.77. The minimum atomic E-state index is 0. The van der Waals surface area contributed by atoms with Gasteiger partial charge in [-0.1, -0.05) is 120 Å². The summed E-state index contributed by atoms with van der Waals surface area (Å²) >= 11 is 0. The first-order chi connectivity index (χ1) is 18.5. The van der Waals surface area contributed by atoms with Crippen LogP contribution in [0, 0.1) is 6.92 Å². The second-order valence-corrected chi connectivity index (χ2v) is 12.8. The molecular weight excluding hydrogens is 631 g/mol. The third kappa shape index (κ3) is 7.93. The Labute approximate surface area is 284 Å². The number of rotatable bonds is 2. The van der Waals surface area contributed by atoms with Crippen molar-refractivity contribution in [3.8, 4) is 22.3 Å². The van der Waals surface area contributed by atoms with E-state index in [4.69, 9.17) is 0 Å². The minimum absolute atomic E-state index is 0. The Morgan fingerprint density at radius 1 is 0.524 bits per heavy atom. The smallest absolute Gasteiger partial charge is 1.00 e. The fraction of sp³-hybridized carbons (Fsp3) is 0.231. The van der Waals surface area contributed by atoms with E-state index in [1.165, 1.54) is 60.5 Å². The number of halogens is 2. The average Bonchev–Trinajstić information content (AvgIpc) is 3.54. The van der Waals surface area contributed by atoms with Crippen LogP contribution in [-0.2, 0) is 37.0 Å². The molecule has 0 bridgehead atoms. The molecule has 6 rings (SSSR count). The Morgan fingerprint density at radius 2 is 0.976 bits per heavy atom. The molecule has 0 atom stereocenters. The Hall–Kier alpha value is -2.44. The predicted molar refractivity (Wildman–Crippen MR) is 172 cm³/mol. The van der Waals surface area contributed by atoms with Crippen LogP contribution in [0.15, 0.2) is 115 Å². The summed E-state index contributed by atoms with van der Waals surface area (Å²) in [6, 6.07) is 42.1. The third-order valence-electron chi connectivity index (χ3n) is 7.70. The van der Waals surface area contributed by atoms with E-state index in [0.717, 1.165) is 0 Å². The number of hydrogen-bond acceptors (Lipinski definition) is 0. The van der Waals surface area contributed by atoms with Gasteiger partial charge in [-0.15, -0.1) is 63.5 Å². The Balaban J connectivity index is 0.000000274. The molecule has 6 aromatic rings. The van der Waals surface area contributed by atoms with Crippen molar-refractivity contribution < 1.29 is 51.0 Å². The van der Waals surface area contributed by atoms with Gasteiger partial charge >= 0.3 is 26.2 Å². The quantitative estimate of drug-likeness (QED) is 0.218. The van der Waals surface area contributed by atoms with Crippen LogP contribution in [0.2, 0.25) is 0 Å². The topological polar surface area (TPSA) is 0 Å². The van der Waals surface area contributed by atoms with Crippen molar-refractivity contribution in [3.05, 3.63) is 132 Å². The van der Waals surface area contributed by atoms with Crippen molar-refractivity contribution in [2.45, 2.75) is 59.3 Å². The van der Waals surface area contributed by atoms with Gasteiger partial charge < -0.3 is 24.8 Å². The number of aryl methyl sites for hydroxylation is 1. The summed E-state index contributed by atoms with van der Waals surface area (Å²) in [6.07, 6.45) is 0. The van der Waals surface area contributed by atoms with Crippen LogP contribution in [0.25, 0.3) is 43.8 Å². The maximum Gasteiger partial charge on any atom is 4.00 e. The molecule has 6 aromatic carbocycles. The zero-order valence-corrected chi connectivity index (χ0v) is 29.7. The molecule has 0 aliphatic carbocycles. The molecule has 0 fully saturated rings. The molecule has 214 valence electrons. The van der Waals surface area contributed by atoms with Gasteiger partial charge in [0.15, 0.2) is 0 Å². The molecule has 0 heterocycles. The van der Waals surface area contributed by atoms with Gasteiger partial charge in [-0.05, 0) is 33.1 Å². The number of hydrogen-bond donors (Lipinski definition) is 0. The second-order valence-electron chi connectivity index (χ2n) is 12.8. The molecule has 0 aliphatic heterocycles. The van der Waals surface area contributed by atoms with Crippen LogP contribution in [0.5, 0.6) is 0 Å². The summed E-state index contributed by atoms with van der Waals surface area (Å²) in [6.45, 7) is 15.7. The van der Waals surface area contributed by atoms with Gasteiger partial charge in [-0.3, -0.25) is 0 Å². The summed E-state index contributed by atoms with van der Waals surface area (Å²) in [5.74, 6) is 0. The number of fused-ring (bicyclic) bond motifs is 2. The van der Waals surface area contributed by atoms with E-state index in [2.05, 4.69) is 164 Å². The fourth-order valence-electron chi connectivity index (χ4n) is 5.35.